The third-order valence-corrected chi connectivity index (χ3v) is 2.06. The Morgan fingerprint density at radius 3 is 2.38 bits per heavy atom. The highest BCUT2D eigenvalue weighted by Crippen LogP contribution is 2.24. The third-order valence-electron chi connectivity index (χ3n) is 1.55. The fraction of sp³-hybridized carbons (Fsp3) is 0.125. The highest BCUT2D eigenvalue weighted by molar-refractivity contribution is 6.33. The smallest absolute Gasteiger partial charge is 0.407 e. The van der Waals surface area contributed by atoms with E-state index in [1.165, 1.54) is 12.1 Å². The van der Waals surface area contributed by atoms with E-state index in [0.717, 1.165) is 0 Å². The Morgan fingerprint density at radius 2 is 1.94 bits per heavy atom. The van der Waals surface area contributed by atoms with Crippen LogP contribution >= 0.6 is 23.5 Å². The molecule has 1 atom stereocenters. The van der Waals surface area contributed by atoms with Gasteiger partial charge in [0.25, 0.3) is 0 Å². The summed E-state index contributed by atoms with van der Waals surface area (Å²) < 4.78 is 8.41. The SMILES string of the molecule is O=C(OCl)C(Cl)(Oc1ccccc1)[N+](=O)[O-]. The van der Waals surface area contributed by atoms with Crippen molar-refractivity contribution >= 4 is 29.4 Å². The molecule has 0 fully saturated rings. The van der Waals surface area contributed by atoms with Crippen LogP contribution in [-0.2, 0) is 9.08 Å². The topological polar surface area (TPSA) is 78.7 Å². The molecule has 16 heavy (non-hydrogen) atoms. The van der Waals surface area contributed by atoms with E-state index < -0.39 is 16.1 Å². The van der Waals surface area contributed by atoms with Gasteiger partial charge in [0.1, 0.15) is 17.6 Å². The molecule has 1 unspecified atom stereocenters. The largest absolute Gasteiger partial charge is 0.544 e. The summed E-state index contributed by atoms with van der Waals surface area (Å²) in [6.07, 6.45) is 0. The predicted molar refractivity (Wildman–Crippen MR) is 54.6 cm³/mol. The molecular weight excluding hydrogens is 261 g/mol. The van der Waals surface area contributed by atoms with Crippen molar-refractivity contribution in [3.8, 4) is 5.75 Å². The van der Waals surface area contributed by atoms with Crippen LogP contribution in [0.15, 0.2) is 30.3 Å². The number of nitro groups is 1. The first-order valence-corrected chi connectivity index (χ1v) is 4.60. The van der Waals surface area contributed by atoms with Crippen LogP contribution in [0.5, 0.6) is 5.75 Å². The highest BCUT2D eigenvalue weighted by atomic mass is 35.5. The molecule has 0 bridgehead atoms. The normalized spacial score (nSPS) is 13.6. The summed E-state index contributed by atoms with van der Waals surface area (Å²) in [6.45, 7) is 0. The summed E-state index contributed by atoms with van der Waals surface area (Å²) in [5.41, 5.74) is 0. The number of hydrogen-bond acceptors (Lipinski definition) is 5. The molecule has 0 spiro atoms. The first-order valence-electron chi connectivity index (χ1n) is 3.91. The zero-order valence-electron chi connectivity index (χ0n) is 7.63. The summed E-state index contributed by atoms with van der Waals surface area (Å²) in [4.78, 5) is 20.5. The molecule has 86 valence electrons. The van der Waals surface area contributed by atoms with E-state index in [4.69, 9.17) is 28.2 Å². The third kappa shape index (κ3) is 2.53. The van der Waals surface area contributed by atoms with Gasteiger partial charge in [-0.25, -0.2) is 4.79 Å². The number of hydrogen-bond donors (Lipinski definition) is 0. The minimum absolute atomic E-state index is 0.0382. The number of nitrogens with zero attached hydrogens (tertiary/aromatic N) is 1. The van der Waals surface area contributed by atoms with Gasteiger partial charge in [-0.1, -0.05) is 18.2 Å². The first kappa shape index (κ1) is 12.5. The lowest BCUT2D eigenvalue weighted by atomic mass is 10.3. The van der Waals surface area contributed by atoms with Gasteiger partial charge >= 0.3 is 11.2 Å². The van der Waals surface area contributed by atoms with Gasteiger partial charge in [0.2, 0.25) is 0 Å². The summed E-state index contributed by atoms with van der Waals surface area (Å²) in [7, 11) is 0. The van der Waals surface area contributed by atoms with Crippen molar-refractivity contribution in [1.82, 2.24) is 0 Å². The van der Waals surface area contributed by atoms with E-state index in [-0.39, 0.29) is 5.75 Å². The molecule has 1 rings (SSSR count). The number of rotatable bonds is 4. The molecule has 0 saturated heterocycles. The maximum absolute atomic E-state index is 11.0. The first-order chi connectivity index (χ1) is 7.50. The minimum Gasteiger partial charge on any atom is -0.407 e. The van der Waals surface area contributed by atoms with Crippen LogP contribution in [0.3, 0.4) is 0 Å². The van der Waals surface area contributed by atoms with Crippen molar-refractivity contribution in [3.63, 3.8) is 0 Å². The van der Waals surface area contributed by atoms with Crippen molar-refractivity contribution in [2.24, 2.45) is 0 Å². The predicted octanol–water partition coefficient (Wildman–Crippen LogP) is 1.93. The molecule has 0 radical (unpaired) electrons. The number of ether oxygens (including phenoxy) is 1. The molecule has 0 amide bonds. The van der Waals surface area contributed by atoms with Gasteiger partial charge in [-0.15, -0.1) is 0 Å². The Morgan fingerprint density at radius 1 is 1.38 bits per heavy atom. The van der Waals surface area contributed by atoms with Crippen molar-refractivity contribution in [1.29, 1.82) is 0 Å². The van der Waals surface area contributed by atoms with Crippen LogP contribution in [0.4, 0.5) is 0 Å². The number of alkyl halides is 1. The fourth-order valence-electron chi connectivity index (χ4n) is 0.846. The van der Waals surface area contributed by atoms with Crippen LogP contribution in [0, 0.1) is 10.1 Å². The maximum Gasteiger partial charge on any atom is 0.544 e. The van der Waals surface area contributed by atoms with Crippen LogP contribution < -0.4 is 4.74 Å². The van der Waals surface area contributed by atoms with Gasteiger partial charge in [0, 0.05) is 11.6 Å². The highest BCUT2D eigenvalue weighted by Gasteiger charge is 2.55. The van der Waals surface area contributed by atoms with Gasteiger partial charge in [-0.3, -0.25) is 10.1 Å². The van der Waals surface area contributed by atoms with Gasteiger partial charge in [0.15, 0.2) is 0 Å². The summed E-state index contributed by atoms with van der Waals surface area (Å²) in [5, 5.41) is 7.73. The number of carbonyl (C=O) groups excluding carboxylic acids is 1. The van der Waals surface area contributed by atoms with Gasteiger partial charge in [-0.05, 0) is 12.1 Å². The molecule has 8 heteroatoms. The summed E-state index contributed by atoms with van der Waals surface area (Å²) in [6, 6.07) is 7.55. The lowest BCUT2D eigenvalue weighted by Crippen LogP contribution is -2.46. The lowest BCUT2D eigenvalue weighted by Gasteiger charge is -2.15. The van der Waals surface area contributed by atoms with Crippen molar-refractivity contribution < 1.29 is 18.7 Å². The van der Waals surface area contributed by atoms with E-state index >= 15 is 0 Å². The molecule has 6 nitrogen and oxygen atoms in total. The zero-order chi connectivity index (χ0) is 12.2. The molecular formula is C8H5Cl2NO5. The van der Waals surface area contributed by atoms with Gasteiger partial charge in [0.05, 0.1) is 4.92 Å². The molecule has 0 heterocycles. The van der Waals surface area contributed by atoms with E-state index in [9.17, 15) is 14.9 Å². The minimum atomic E-state index is -2.89. The number of benzene rings is 1. The molecule has 1 aromatic rings. The molecule has 0 aromatic heterocycles. The van der Waals surface area contributed by atoms with Crippen molar-refractivity contribution in [2.45, 2.75) is 5.18 Å². The van der Waals surface area contributed by atoms with E-state index in [1.807, 2.05) is 0 Å². The number of para-hydroxylation sites is 1. The van der Waals surface area contributed by atoms with Crippen LogP contribution in [0.25, 0.3) is 0 Å². The average Bonchev–Trinajstić information content (AvgIpc) is 2.28. The molecule has 0 aliphatic rings. The van der Waals surface area contributed by atoms with Crippen molar-refractivity contribution in [3.05, 3.63) is 40.4 Å². The second-order valence-corrected chi connectivity index (χ2v) is 3.26. The fourth-order valence-corrected chi connectivity index (χ4v) is 1.12. The monoisotopic (exact) mass is 265 g/mol. The van der Waals surface area contributed by atoms with E-state index in [0.29, 0.717) is 0 Å². The molecule has 0 saturated carbocycles. The second kappa shape index (κ2) is 5.00. The number of carbonyl (C=O) groups is 1. The Bertz CT molecular complexity index is 399. The van der Waals surface area contributed by atoms with Gasteiger partial charge < -0.3 is 9.03 Å². The summed E-state index contributed by atoms with van der Waals surface area (Å²) >= 11 is 10.1. The van der Waals surface area contributed by atoms with Crippen molar-refractivity contribution in [2.75, 3.05) is 0 Å². The number of halogens is 2. The molecule has 1 aromatic carbocycles. The molecule has 0 aliphatic heterocycles. The quantitative estimate of drug-likeness (QED) is 0.273. The van der Waals surface area contributed by atoms with Crippen LogP contribution in [0.2, 0.25) is 0 Å². The van der Waals surface area contributed by atoms with E-state index in [1.54, 1.807) is 18.2 Å². The standard InChI is InChI=1S/C8H5Cl2NO5/c9-8(11(13)14,7(12)16-10)15-6-4-2-1-3-5-6/h1-5H. The molecule has 0 N–H and O–H groups in total. The summed E-state index contributed by atoms with van der Waals surface area (Å²) in [5.74, 6) is -1.49. The Balaban J connectivity index is 2.97. The lowest BCUT2D eigenvalue weighted by molar-refractivity contribution is -0.568. The van der Waals surface area contributed by atoms with E-state index in [2.05, 4.69) is 4.29 Å². The second-order valence-electron chi connectivity index (χ2n) is 2.60. The Labute approximate surface area is 100.0 Å². The van der Waals surface area contributed by atoms with Crippen LogP contribution in [-0.4, -0.2) is 16.1 Å². The molecule has 0 aliphatic carbocycles. The average molecular weight is 266 g/mol. The van der Waals surface area contributed by atoms with Gasteiger partial charge in [-0.2, -0.15) is 0 Å². The maximum atomic E-state index is 11.0. The zero-order valence-corrected chi connectivity index (χ0v) is 9.14. The Hall–Kier alpha value is -1.53. The Kier molecular flexibility index (Phi) is 3.92. The van der Waals surface area contributed by atoms with Crippen LogP contribution in [0.1, 0.15) is 0 Å².